The maximum atomic E-state index is 11.5. The van der Waals surface area contributed by atoms with Crippen LogP contribution in [0.1, 0.15) is 40.5 Å². The van der Waals surface area contributed by atoms with E-state index in [4.69, 9.17) is 23.2 Å². The highest BCUT2D eigenvalue weighted by atomic mass is 35.5. The molecule has 154 valence electrons. The standard InChI is InChI=1S/C9H11ClOS.C9H11ClS.2C2H6/c10-7-4-8-12(11)9-5-2-1-3-6-9;10-7-4-8-11-9-5-2-1-3-6-9;2*1-2/h1-3,5-6H,4,7-8H2;1-3,5-6H,4,7-8H2;2*1-2H3. The molecule has 1 nitrogen and oxygen atoms in total. The van der Waals surface area contributed by atoms with Gasteiger partial charge in [0.05, 0.1) is 10.8 Å². The fourth-order valence-corrected chi connectivity index (χ4v) is 4.20. The highest BCUT2D eigenvalue weighted by molar-refractivity contribution is 7.99. The summed E-state index contributed by atoms with van der Waals surface area (Å²) in [6, 6.07) is 19.9. The Morgan fingerprint density at radius 3 is 1.74 bits per heavy atom. The summed E-state index contributed by atoms with van der Waals surface area (Å²) >= 11 is 12.9. The van der Waals surface area contributed by atoms with Gasteiger partial charge in [0.15, 0.2) is 0 Å². The van der Waals surface area contributed by atoms with Gasteiger partial charge in [-0.2, -0.15) is 0 Å². The number of halogens is 2. The Balaban J connectivity index is 0. The van der Waals surface area contributed by atoms with Gasteiger partial charge in [0.1, 0.15) is 0 Å². The van der Waals surface area contributed by atoms with Crippen LogP contribution < -0.4 is 0 Å². The highest BCUT2D eigenvalue weighted by Crippen LogP contribution is 2.17. The molecule has 0 aliphatic carbocycles. The van der Waals surface area contributed by atoms with Gasteiger partial charge in [-0.15, -0.1) is 35.0 Å². The number of thioether (sulfide) groups is 1. The van der Waals surface area contributed by atoms with Crippen molar-refractivity contribution < 1.29 is 4.21 Å². The Morgan fingerprint density at radius 2 is 1.26 bits per heavy atom. The molecule has 0 N–H and O–H groups in total. The van der Waals surface area contributed by atoms with Gasteiger partial charge in [-0.3, -0.25) is 4.21 Å². The molecule has 0 saturated carbocycles. The molecule has 0 fully saturated rings. The lowest BCUT2D eigenvalue weighted by molar-refractivity contribution is 0.682. The van der Waals surface area contributed by atoms with Crippen LogP contribution >= 0.6 is 35.0 Å². The van der Waals surface area contributed by atoms with Crippen LogP contribution in [0, 0.1) is 0 Å². The van der Waals surface area contributed by atoms with E-state index in [0.29, 0.717) is 11.6 Å². The van der Waals surface area contributed by atoms with Crippen molar-refractivity contribution in [3.8, 4) is 0 Å². The largest absolute Gasteiger partial charge is 0.254 e. The molecule has 1 unspecified atom stereocenters. The monoisotopic (exact) mass is 448 g/mol. The van der Waals surface area contributed by atoms with Crippen molar-refractivity contribution in [3.05, 3.63) is 60.7 Å². The molecule has 0 heterocycles. The maximum absolute atomic E-state index is 11.5. The summed E-state index contributed by atoms with van der Waals surface area (Å²) in [5.41, 5.74) is 0. The van der Waals surface area contributed by atoms with Gasteiger partial charge in [0.2, 0.25) is 0 Å². The molecule has 0 saturated heterocycles. The van der Waals surface area contributed by atoms with Crippen molar-refractivity contribution in [3.63, 3.8) is 0 Å². The summed E-state index contributed by atoms with van der Waals surface area (Å²) in [6.07, 6.45) is 1.89. The normalized spacial score (nSPS) is 10.1. The average molecular weight is 450 g/mol. The van der Waals surface area contributed by atoms with Crippen LogP contribution in [-0.2, 0) is 10.8 Å². The first kappa shape index (κ1) is 28.7. The summed E-state index contributed by atoms with van der Waals surface area (Å²) in [5, 5.41) is 0. The molecule has 0 aliphatic heterocycles. The summed E-state index contributed by atoms with van der Waals surface area (Å²) in [4.78, 5) is 2.22. The second-order valence-electron chi connectivity index (χ2n) is 4.61. The number of alkyl halides is 2. The fourth-order valence-electron chi connectivity index (χ4n) is 1.64. The Morgan fingerprint density at radius 1 is 0.778 bits per heavy atom. The zero-order valence-corrected chi connectivity index (χ0v) is 20.1. The summed E-state index contributed by atoms with van der Waals surface area (Å²) in [7, 11) is -0.868. The second-order valence-corrected chi connectivity index (χ2v) is 8.10. The summed E-state index contributed by atoms with van der Waals surface area (Å²) < 4.78 is 11.5. The third-order valence-corrected chi connectivity index (χ3v) is 5.85. The number of rotatable bonds is 8. The van der Waals surface area contributed by atoms with Gasteiger partial charge < -0.3 is 0 Å². The van der Waals surface area contributed by atoms with Crippen LogP contribution in [0.5, 0.6) is 0 Å². The van der Waals surface area contributed by atoms with Gasteiger partial charge in [-0.25, -0.2) is 0 Å². The maximum Gasteiger partial charge on any atom is 0.0529 e. The average Bonchev–Trinajstić information content (AvgIpc) is 2.77. The van der Waals surface area contributed by atoms with E-state index in [9.17, 15) is 4.21 Å². The lowest BCUT2D eigenvalue weighted by Gasteiger charge is -1.98. The van der Waals surface area contributed by atoms with Crippen LogP contribution in [0.25, 0.3) is 0 Å². The van der Waals surface area contributed by atoms with E-state index >= 15 is 0 Å². The molecule has 1 atom stereocenters. The van der Waals surface area contributed by atoms with E-state index in [0.717, 1.165) is 29.4 Å². The number of hydrogen-bond acceptors (Lipinski definition) is 2. The zero-order chi connectivity index (χ0) is 20.8. The van der Waals surface area contributed by atoms with Crippen molar-refractivity contribution in [1.82, 2.24) is 0 Å². The van der Waals surface area contributed by atoms with Crippen LogP contribution in [0.4, 0.5) is 0 Å². The van der Waals surface area contributed by atoms with Crippen LogP contribution in [0.3, 0.4) is 0 Å². The third kappa shape index (κ3) is 17.4. The second kappa shape index (κ2) is 23.6. The zero-order valence-electron chi connectivity index (χ0n) is 17.0. The lowest BCUT2D eigenvalue weighted by Crippen LogP contribution is -1.97. The summed E-state index contributed by atoms with van der Waals surface area (Å²) in [6.45, 7) is 8.00. The Bertz CT molecular complexity index is 537. The first-order valence-electron chi connectivity index (χ1n) is 9.51. The van der Waals surface area contributed by atoms with Gasteiger partial charge in [0, 0.05) is 27.3 Å². The van der Waals surface area contributed by atoms with E-state index in [1.165, 1.54) is 4.90 Å². The van der Waals surface area contributed by atoms with Crippen molar-refractivity contribution in [2.75, 3.05) is 23.3 Å². The third-order valence-electron chi connectivity index (χ3n) is 2.76. The first-order valence-corrected chi connectivity index (χ1v) is 12.9. The van der Waals surface area contributed by atoms with E-state index in [1.807, 2.05) is 75.9 Å². The number of benzene rings is 2. The SMILES string of the molecule is CC.CC.ClCCCSc1ccccc1.O=S(CCCCl)c1ccccc1. The molecular formula is C22H34Cl2OS2. The minimum Gasteiger partial charge on any atom is -0.254 e. The van der Waals surface area contributed by atoms with Gasteiger partial charge in [-0.1, -0.05) is 64.1 Å². The highest BCUT2D eigenvalue weighted by Gasteiger charge is 2.00. The van der Waals surface area contributed by atoms with Crippen molar-refractivity contribution in [2.45, 2.75) is 50.3 Å². The predicted molar refractivity (Wildman–Crippen MR) is 128 cm³/mol. The molecule has 0 spiro atoms. The minimum absolute atomic E-state index is 0.582. The molecule has 0 radical (unpaired) electrons. The molecule has 0 aromatic heterocycles. The van der Waals surface area contributed by atoms with E-state index < -0.39 is 10.8 Å². The van der Waals surface area contributed by atoms with Crippen LogP contribution in [0.15, 0.2) is 70.5 Å². The Labute approximate surface area is 183 Å². The summed E-state index contributed by atoms with van der Waals surface area (Å²) in [5.74, 6) is 3.12. The molecule has 0 aliphatic rings. The topological polar surface area (TPSA) is 17.1 Å². The molecule has 2 rings (SSSR count). The smallest absolute Gasteiger partial charge is 0.0529 e. The van der Waals surface area contributed by atoms with E-state index in [2.05, 4.69) is 24.3 Å². The quantitative estimate of drug-likeness (QED) is 0.232. The van der Waals surface area contributed by atoms with E-state index in [1.54, 1.807) is 0 Å². The van der Waals surface area contributed by atoms with Crippen molar-refractivity contribution >= 4 is 45.8 Å². The van der Waals surface area contributed by atoms with Crippen LogP contribution in [0.2, 0.25) is 0 Å². The van der Waals surface area contributed by atoms with Gasteiger partial charge >= 0.3 is 0 Å². The van der Waals surface area contributed by atoms with Crippen molar-refractivity contribution in [1.29, 1.82) is 0 Å². The Kier molecular flexibility index (Phi) is 25.1. The van der Waals surface area contributed by atoms with Gasteiger partial charge in [-0.05, 0) is 42.9 Å². The Hall–Kier alpha value is -0.480. The molecule has 2 aromatic carbocycles. The molecule has 0 bridgehead atoms. The van der Waals surface area contributed by atoms with Crippen LogP contribution in [-0.4, -0.2) is 27.5 Å². The molecule has 27 heavy (non-hydrogen) atoms. The first-order chi connectivity index (χ1) is 13.3. The fraction of sp³-hybridized carbons (Fsp3) is 0.455. The minimum atomic E-state index is -0.868. The lowest BCUT2D eigenvalue weighted by atomic mass is 10.4. The predicted octanol–water partition coefficient (Wildman–Crippen LogP) is 7.88. The molecule has 2 aromatic rings. The van der Waals surface area contributed by atoms with Gasteiger partial charge in [0.25, 0.3) is 0 Å². The van der Waals surface area contributed by atoms with E-state index in [-0.39, 0.29) is 0 Å². The number of hydrogen-bond donors (Lipinski definition) is 0. The molecule has 0 amide bonds. The van der Waals surface area contributed by atoms with Crippen molar-refractivity contribution in [2.24, 2.45) is 0 Å². The molecule has 5 heteroatoms. The molecular weight excluding hydrogens is 415 g/mol.